The van der Waals surface area contributed by atoms with Gasteiger partial charge in [-0.3, -0.25) is 19.8 Å². The summed E-state index contributed by atoms with van der Waals surface area (Å²) in [4.78, 5) is 54.6. The molecule has 13 heteroatoms. The van der Waals surface area contributed by atoms with Crippen molar-refractivity contribution in [3.8, 4) is 0 Å². The summed E-state index contributed by atoms with van der Waals surface area (Å²) in [5.74, 6) is -2.74. The lowest BCUT2D eigenvalue weighted by atomic mass is 10.0. The molecule has 0 saturated carbocycles. The van der Waals surface area contributed by atoms with Crippen LogP contribution in [0, 0.1) is 10.1 Å². The van der Waals surface area contributed by atoms with Crippen molar-refractivity contribution in [2.24, 2.45) is 0 Å². The van der Waals surface area contributed by atoms with Crippen LogP contribution < -0.4 is 4.90 Å². The van der Waals surface area contributed by atoms with Crippen molar-refractivity contribution in [1.82, 2.24) is 9.88 Å². The van der Waals surface area contributed by atoms with Gasteiger partial charge in [-0.05, 0) is 40.5 Å². The van der Waals surface area contributed by atoms with Crippen LogP contribution >= 0.6 is 23.2 Å². The highest BCUT2D eigenvalue weighted by atomic mass is 35.5. The number of amides is 2. The third-order valence-electron chi connectivity index (χ3n) is 4.47. The first-order valence-electron chi connectivity index (χ1n) is 9.84. The van der Waals surface area contributed by atoms with Crippen LogP contribution in [0.3, 0.4) is 0 Å². The van der Waals surface area contributed by atoms with Gasteiger partial charge in [0.25, 0.3) is 0 Å². The van der Waals surface area contributed by atoms with Gasteiger partial charge in [-0.1, -0.05) is 23.2 Å². The second-order valence-corrected chi connectivity index (χ2v) is 8.72. The first-order valence-corrected chi connectivity index (χ1v) is 10.6. The van der Waals surface area contributed by atoms with Gasteiger partial charge >= 0.3 is 23.7 Å². The lowest BCUT2D eigenvalue weighted by molar-refractivity contribution is -0.384. The summed E-state index contributed by atoms with van der Waals surface area (Å²) in [5, 5.41) is 11.2. The van der Waals surface area contributed by atoms with E-state index in [0.717, 1.165) is 11.0 Å². The topological polar surface area (TPSA) is 132 Å². The first kappa shape index (κ1) is 25.6. The molecule has 1 aliphatic rings. The zero-order valence-electron chi connectivity index (χ0n) is 18.1. The van der Waals surface area contributed by atoms with Crippen LogP contribution in [0.4, 0.5) is 16.3 Å². The molecule has 0 spiro atoms. The number of carbonyl (C=O) groups excluding carboxylic acids is 3. The van der Waals surface area contributed by atoms with Crippen LogP contribution in [-0.2, 0) is 19.1 Å². The van der Waals surface area contributed by atoms with Crippen LogP contribution in [0.25, 0.3) is 0 Å². The van der Waals surface area contributed by atoms with E-state index in [0.29, 0.717) is 0 Å². The number of aromatic nitrogens is 1. The van der Waals surface area contributed by atoms with Crippen LogP contribution in [-0.4, -0.2) is 64.1 Å². The number of rotatable bonds is 4. The summed E-state index contributed by atoms with van der Waals surface area (Å²) in [6.07, 6.45) is -0.0923. The van der Waals surface area contributed by atoms with Crippen molar-refractivity contribution >= 4 is 52.7 Å². The summed E-state index contributed by atoms with van der Waals surface area (Å²) >= 11 is 11.8. The Bertz CT molecular complexity index is 912. The highest BCUT2D eigenvalue weighted by Gasteiger charge is 2.39. The predicted octanol–water partition coefficient (Wildman–Crippen LogP) is 3.59. The maximum Gasteiger partial charge on any atom is 0.410 e. The third-order valence-corrected chi connectivity index (χ3v) is 5.14. The summed E-state index contributed by atoms with van der Waals surface area (Å²) in [5.41, 5.74) is -1.27. The second-order valence-electron chi connectivity index (χ2n) is 7.96. The molecule has 2 rings (SSSR count). The van der Waals surface area contributed by atoms with E-state index in [-0.39, 0.29) is 42.7 Å². The summed E-state index contributed by atoms with van der Waals surface area (Å²) in [7, 11) is 0. The monoisotopic (exact) mass is 490 g/mol. The number of pyridine rings is 1. The predicted molar refractivity (Wildman–Crippen MR) is 116 cm³/mol. The molecule has 0 atom stereocenters. The Kier molecular flexibility index (Phi) is 8.24. The van der Waals surface area contributed by atoms with Gasteiger partial charge in [0.05, 0.1) is 16.6 Å². The normalized spacial score (nSPS) is 14.6. The van der Waals surface area contributed by atoms with E-state index in [9.17, 15) is 24.5 Å². The fourth-order valence-corrected chi connectivity index (χ4v) is 3.40. The van der Waals surface area contributed by atoms with Crippen LogP contribution in [0.2, 0.25) is 10.2 Å². The standard InChI is InChI=1S/C19H24Cl2N4O7/c1-5-31-17(27)16(26)24(15-13(25(29)30)10-12(20)14(21)22-15)11-6-8-23(9-7-11)18(28)32-19(2,3)4/h10-11H,5-9H2,1-4H3. The molecule has 1 fully saturated rings. The number of hydrogen-bond donors (Lipinski definition) is 0. The molecular formula is C19H24Cl2N4O7. The van der Waals surface area contributed by atoms with Crippen LogP contribution in [0.5, 0.6) is 0 Å². The minimum Gasteiger partial charge on any atom is -0.459 e. The van der Waals surface area contributed by atoms with Crippen molar-refractivity contribution < 1.29 is 28.8 Å². The molecule has 1 aromatic rings. The molecule has 0 N–H and O–H groups in total. The van der Waals surface area contributed by atoms with Crippen molar-refractivity contribution in [2.45, 2.75) is 52.2 Å². The van der Waals surface area contributed by atoms with E-state index in [1.165, 1.54) is 11.8 Å². The molecule has 1 saturated heterocycles. The number of ether oxygens (including phenoxy) is 2. The Labute approximate surface area is 194 Å². The van der Waals surface area contributed by atoms with Gasteiger partial charge in [-0.15, -0.1) is 0 Å². The molecule has 0 unspecified atom stereocenters. The van der Waals surface area contributed by atoms with Gasteiger partial charge < -0.3 is 14.4 Å². The summed E-state index contributed by atoms with van der Waals surface area (Å²) < 4.78 is 10.1. The largest absolute Gasteiger partial charge is 0.459 e. The number of carbonyl (C=O) groups is 3. The van der Waals surface area contributed by atoms with Gasteiger partial charge in [-0.25, -0.2) is 14.6 Å². The van der Waals surface area contributed by atoms with E-state index in [2.05, 4.69) is 4.98 Å². The Balaban J connectivity index is 2.38. The molecule has 0 bridgehead atoms. The fraction of sp³-hybridized carbons (Fsp3) is 0.579. The second kappa shape index (κ2) is 10.3. The lowest BCUT2D eigenvalue weighted by Crippen LogP contribution is -2.52. The molecular weight excluding hydrogens is 467 g/mol. The maximum absolute atomic E-state index is 12.9. The summed E-state index contributed by atoms with van der Waals surface area (Å²) in [6.45, 7) is 7.08. The molecule has 1 aliphatic heterocycles. The molecule has 2 amide bonds. The first-order chi connectivity index (χ1) is 14.9. The average Bonchev–Trinajstić information content (AvgIpc) is 2.69. The molecule has 0 radical (unpaired) electrons. The van der Waals surface area contributed by atoms with Gasteiger partial charge in [0.2, 0.25) is 5.82 Å². The zero-order valence-corrected chi connectivity index (χ0v) is 19.6. The maximum atomic E-state index is 12.9. The highest BCUT2D eigenvalue weighted by molar-refractivity contribution is 6.42. The van der Waals surface area contributed by atoms with Crippen molar-refractivity contribution in [2.75, 3.05) is 24.6 Å². The SMILES string of the molecule is CCOC(=O)C(=O)N(c1nc(Cl)c(Cl)cc1[N+](=O)[O-])C1CCN(C(=O)OC(C)(C)C)CC1. The Morgan fingerprint density at radius 1 is 1.28 bits per heavy atom. The van der Waals surface area contributed by atoms with Gasteiger partial charge in [0.1, 0.15) is 5.60 Å². The number of anilines is 1. The van der Waals surface area contributed by atoms with E-state index < -0.39 is 46.0 Å². The van der Waals surface area contributed by atoms with Gasteiger partial charge in [0, 0.05) is 25.2 Å². The molecule has 11 nitrogen and oxygen atoms in total. The minimum atomic E-state index is -1.19. The van der Waals surface area contributed by atoms with E-state index >= 15 is 0 Å². The van der Waals surface area contributed by atoms with E-state index in [1.54, 1.807) is 20.8 Å². The van der Waals surface area contributed by atoms with Gasteiger partial charge in [-0.2, -0.15) is 0 Å². The van der Waals surface area contributed by atoms with Crippen molar-refractivity contribution in [3.05, 3.63) is 26.4 Å². The van der Waals surface area contributed by atoms with Crippen molar-refractivity contribution in [1.29, 1.82) is 0 Å². The number of hydrogen-bond acceptors (Lipinski definition) is 8. The number of piperidine rings is 1. The van der Waals surface area contributed by atoms with E-state index in [4.69, 9.17) is 32.7 Å². The zero-order chi connectivity index (χ0) is 24.2. The Morgan fingerprint density at radius 3 is 2.38 bits per heavy atom. The van der Waals surface area contributed by atoms with Crippen molar-refractivity contribution in [3.63, 3.8) is 0 Å². The molecule has 32 heavy (non-hydrogen) atoms. The Hall–Kier alpha value is -2.66. The Morgan fingerprint density at radius 2 is 1.88 bits per heavy atom. The minimum absolute atomic E-state index is 0.0631. The quantitative estimate of drug-likeness (QED) is 0.205. The van der Waals surface area contributed by atoms with Gasteiger partial charge in [0.15, 0.2) is 5.15 Å². The molecule has 0 aromatic carbocycles. The molecule has 1 aromatic heterocycles. The molecule has 0 aliphatic carbocycles. The van der Waals surface area contributed by atoms with Crippen LogP contribution in [0.15, 0.2) is 6.07 Å². The number of likely N-dealkylation sites (tertiary alicyclic amines) is 1. The smallest absolute Gasteiger partial charge is 0.410 e. The third kappa shape index (κ3) is 6.19. The fourth-order valence-electron chi connectivity index (χ4n) is 3.12. The number of esters is 1. The molecule has 2 heterocycles. The summed E-state index contributed by atoms with van der Waals surface area (Å²) in [6, 6.07) is 0.280. The average molecular weight is 491 g/mol. The van der Waals surface area contributed by atoms with Crippen LogP contribution in [0.1, 0.15) is 40.5 Å². The highest BCUT2D eigenvalue weighted by Crippen LogP contribution is 2.36. The molecule has 176 valence electrons. The number of halogens is 2. The number of nitrogens with zero attached hydrogens (tertiary/aromatic N) is 4. The van der Waals surface area contributed by atoms with E-state index in [1.807, 2.05) is 0 Å². The lowest BCUT2D eigenvalue weighted by Gasteiger charge is -2.37. The number of nitro groups is 1.